The van der Waals surface area contributed by atoms with E-state index >= 15 is 0 Å². The summed E-state index contributed by atoms with van der Waals surface area (Å²) >= 11 is 6.12. The average molecular weight is 268 g/mol. The quantitative estimate of drug-likeness (QED) is 0.331. The highest BCUT2D eigenvalue weighted by Crippen LogP contribution is 2.48. The Morgan fingerprint density at radius 2 is 2.11 bits per heavy atom. The van der Waals surface area contributed by atoms with E-state index in [9.17, 15) is 4.79 Å². The van der Waals surface area contributed by atoms with Crippen LogP contribution in [0.3, 0.4) is 0 Å². The molecule has 0 unspecified atom stereocenters. The van der Waals surface area contributed by atoms with Crippen molar-refractivity contribution in [3.63, 3.8) is 0 Å². The highest BCUT2D eigenvalue weighted by atomic mass is 35.5. The highest BCUT2D eigenvalue weighted by Gasteiger charge is 2.48. The van der Waals surface area contributed by atoms with Gasteiger partial charge >= 0.3 is 0 Å². The van der Waals surface area contributed by atoms with E-state index in [1.54, 1.807) is 18.2 Å². The van der Waals surface area contributed by atoms with Crippen LogP contribution in [-0.2, 0) is 11.2 Å². The van der Waals surface area contributed by atoms with E-state index in [0.717, 1.165) is 18.4 Å². The Morgan fingerprint density at radius 1 is 1.44 bits per heavy atom. The summed E-state index contributed by atoms with van der Waals surface area (Å²) < 4.78 is 0. The number of hydrogen-bond acceptors (Lipinski definition) is 3. The zero-order valence-corrected chi connectivity index (χ0v) is 10.4. The standard InChI is InChI=1S/C12H14ClN3O2/c13-9-5-7(10(14)16-18)1-2-8(9)6-12(3-4-12)11(15)17/h1-2,5,18H,3-4,6H2,(H2,14,16)(H2,15,17). The third-order valence-electron chi connectivity index (χ3n) is 3.36. The molecule has 18 heavy (non-hydrogen) atoms. The summed E-state index contributed by atoms with van der Waals surface area (Å²) in [4.78, 5) is 11.3. The average Bonchev–Trinajstić information content (AvgIpc) is 3.12. The largest absolute Gasteiger partial charge is 0.409 e. The van der Waals surface area contributed by atoms with Crippen LogP contribution in [0.4, 0.5) is 0 Å². The van der Waals surface area contributed by atoms with Gasteiger partial charge in [0.05, 0.1) is 5.41 Å². The lowest BCUT2D eigenvalue weighted by molar-refractivity contribution is -0.123. The first-order valence-electron chi connectivity index (χ1n) is 5.55. The molecule has 0 atom stereocenters. The van der Waals surface area contributed by atoms with Gasteiger partial charge in [-0.15, -0.1) is 0 Å². The number of nitrogens with two attached hydrogens (primary N) is 2. The van der Waals surface area contributed by atoms with E-state index in [1.165, 1.54) is 0 Å². The molecule has 0 heterocycles. The van der Waals surface area contributed by atoms with Gasteiger partial charge in [-0.25, -0.2) is 0 Å². The number of carbonyl (C=O) groups excluding carboxylic acids is 1. The van der Waals surface area contributed by atoms with Crippen LogP contribution in [0.5, 0.6) is 0 Å². The number of nitrogens with zero attached hydrogens (tertiary/aromatic N) is 1. The molecule has 0 aliphatic heterocycles. The number of oxime groups is 1. The van der Waals surface area contributed by atoms with Crippen molar-refractivity contribution < 1.29 is 10.0 Å². The maximum absolute atomic E-state index is 11.3. The minimum atomic E-state index is -0.429. The fraction of sp³-hybridized carbons (Fsp3) is 0.333. The van der Waals surface area contributed by atoms with Gasteiger partial charge in [-0.3, -0.25) is 4.79 Å². The van der Waals surface area contributed by atoms with Crippen molar-refractivity contribution in [2.24, 2.45) is 22.0 Å². The van der Waals surface area contributed by atoms with Crippen LogP contribution in [0.2, 0.25) is 5.02 Å². The van der Waals surface area contributed by atoms with Gasteiger partial charge in [-0.2, -0.15) is 0 Å². The van der Waals surface area contributed by atoms with Gasteiger partial charge in [0.15, 0.2) is 5.84 Å². The second kappa shape index (κ2) is 4.49. The van der Waals surface area contributed by atoms with Gasteiger partial charge in [0, 0.05) is 10.6 Å². The van der Waals surface area contributed by atoms with Crippen LogP contribution in [0.15, 0.2) is 23.4 Å². The lowest BCUT2D eigenvalue weighted by Gasteiger charge is -2.12. The zero-order valence-electron chi connectivity index (χ0n) is 9.69. The zero-order chi connectivity index (χ0) is 13.3. The van der Waals surface area contributed by atoms with Crippen molar-refractivity contribution in [1.29, 1.82) is 0 Å². The van der Waals surface area contributed by atoms with Crippen LogP contribution >= 0.6 is 11.6 Å². The van der Waals surface area contributed by atoms with E-state index in [0.29, 0.717) is 17.0 Å². The number of amidine groups is 1. The number of amides is 1. The Morgan fingerprint density at radius 3 is 2.56 bits per heavy atom. The molecule has 0 bridgehead atoms. The summed E-state index contributed by atoms with van der Waals surface area (Å²) in [5, 5.41) is 12.0. The summed E-state index contributed by atoms with van der Waals surface area (Å²) in [7, 11) is 0. The number of rotatable bonds is 4. The van der Waals surface area contributed by atoms with E-state index in [4.69, 9.17) is 28.3 Å². The Labute approximate surface area is 109 Å². The highest BCUT2D eigenvalue weighted by molar-refractivity contribution is 6.31. The van der Waals surface area contributed by atoms with Crippen LogP contribution in [-0.4, -0.2) is 17.0 Å². The van der Waals surface area contributed by atoms with E-state index in [-0.39, 0.29) is 11.7 Å². The third-order valence-corrected chi connectivity index (χ3v) is 3.71. The van der Waals surface area contributed by atoms with E-state index < -0.39 is 5.41 Å². The van der Waals surface area contributed by atoms with E-state index in [2.05, 4.69) is 5.16 Å². The molecule has 1 fully saturated rings. The van der Waals surface area contributed by atoms with Crippen molar-refractivity contribution in [3.8, 4) is 0 Å². The topological polar surface area (TPSA) is 102 Å². The Bertz CT molecular complexity index is 524. The first kappa shape index (κ1) is 12.7. The molecule has 6 heteroatoms. The first-order valence-corrected chi connectivity index (χ1v) is 5.92. The molecular weight excluding hydrogens is 254 g/mol. The number of hydrogen-bond donors (Lipinski definition) is 3. The lowest BCUT2D eigenvalue weighted by Crippen LogP contribution is -2.26. The van der Waals surface area contributed by atoms with Gasteiger partial charge in [0.25, 0.3) is 0 Å². The molecular formula is C12H14ClN3O2. The summed E-state index contributed by atoms with van der Waals surface area (Å²) in [6, 6.07) is 5.09. The van der Waals surface area contributed by atoms with Gasteiger partial charge in [-0.1, -0.05) is 28.9 Å². The Kier molecular flexibility index (Phi) is 3.17. The fourth-order valence-corrected chi connectivity index (χ4v) is 2.18. The van der Waals surface area contributed by atoms with Crippen LogP contribution in [0.1, 0.15) is 24.0 Å². The Hall–Kier alpha value is -1.75. The molecule has 1 aliphatic carbocycles. The predicted molar refractivity (Wildman–Crippen MR) is 68.5 cm³/mol. The lowest BCUT2D eigenvalue weighted by atomic mass is 9.95. The SMILES string of the molecule is NC(=O)C1(Cc2ccc(C(N)=NO)cc2Cl)CC1. The van der Waals surface area contributed by atoms with Crippen molar-refractivity contribution in [3.05, 3.63) is 34.3 Å². The maximum atomic E-state index is 11.3. The molecule has 5 N–H and O–H groups in total. The van der Waals surface area contributed by atoms with Crippen LogP contribution in [0, 0.1) is 5.41 Å². The van der Waals surface area contributed by atoms with Crippen LogP contribution < -0.4 is 11.5 Å². The summed E-state index contributed by atoms with van der Waals surface area (Å²) in [6.07, 6.45) is 2.15. The van der Waals surface area contributed by atoms with Gasteiger partial charge in [-0.05, 0) is 30.9 Å². The van der Waals surface area contributed by atoms with Crippen molar-refractivity contribution >= 4 is 23.3 Å². The minimum Gasteiger partial charge on any atom is -0.409 e. The van der Waals surface area contributed by atoms with Crippen LogP contribution in [0.25, 0.3) is 0 Å². The smallest absolute Gasteiger partial charge is 0.223 e. The Balaban J connectivity index is 2.23. The molecule has 0 radical (unpaired) electrons. The molecule has 0 spiro atoms. The molecule has 96 valence electrons. The molecule has 1 aromatic carbocycles. The molecule has 1 aliphatic rings. The second-order valence-electron chi connectivity index (χ2n) is 4.61. The molecule has 0 saturated heterocycles. The molecule has 1 amide bonds. The summed E-state index contributed by atoms with van der Waals surface area (Å²) in [5.74, 6) is -0.279. The van der Waals surface area contributed by atoms with Gasteiger partial charge < -0.3 is 16.7 Å². The maximum Gasteiger partial charge on any atom is 0.223 e. The van der Waals surface area contributed by atoms with Gasteiger partial charge in [0.2, 0.25) is 5.91 Å². The first-order chi connectivity index (χ1) is 8.48. The van der Waals surface area contributed by atoms with Crippen molar-refractivity contribution in [2.45, 2.75) is 19.3 Å². The summed E-state index contributed by atoms with van der Waals surface area (Å²) in [5.41, 5.74) is 11.8. The fourth-order valence-electron chi connectivity index (χ4n) is 1.93. The molecule has 1 saturated carbocycles. The van der Waals surface area contributed by atoms with Crippen molar-refractivity contribution in [1.82, 2.24) is 0 Å². The molecule has 1 aromatic rings. The third kappa shape index (κ3) is 2.26. The number of benzene rings is 1. The summed E-state index contributed by atoms with van der Waals surface area (Å²) in [6.45, 7) is 0. The number of carbonyl (C=O) groups is 1. The van der Waals surface area contributed by atoms with Gasteiger partial charge in [0.1, 0.15) is 0 Å². The predicted octanol–water partition coefficient (Wildman–Crippen LogP) is 1.24. The minimum absolute atomic E-state index is 0.000476. The molecule has 2 rings (SSSR count). The van der Waals surface area contributed by atoms with E-state index in [1.807, 2.05) is 0 Å². The molecule has 5 nitrogen and oxygen atoms in total. The second-order valence-corrected chi connectivity index (χ2v) is 5.02. The van der Waals surface area contributed by atoms with Crippen molar-refractivity contribution in [2.75, 3.05) is 0 Å². The number of halogens is 1. The molecule has 0 aromatic heterocycles. The monoisotopic (exact) mass is 267 g/mol. The number of primary amides is 1. The normalized spacial score (nSPS) is 17.5.